The zero-order valence-electron chi connectivity index (χ0n) is 8.92. The molecule has 2 rings (SSSR count). The lowest BCUT2D eigenvalue weighted by Gasteiger charge is -2.07. The van der Waals surface area contributed by atoms with Gasteiger partial charge in [0.25, 0.3) is 0 Å². The summed E-state index contributed by atoms with van der Waals surface area (Å²) >= 11 is 0. The van der Waals surface area contributed by atoms with E-state index in [1.54, 1.807) is 18.6 Å². The Morgan fingerprint density at radius 1 is 1.25 bits per heavy atom. The highest BCUT2D eigenvalue weighted by molar-refractivity contribution is 5.63. The summed E-state index contributed by atoms with van der Waals surface area (Å²) in [5.74, 6) is 0.459. The van der Waals surface area contributed by atoms with E-state index in [2.05, 4.69) is 9.97 Å². The van der Waals surface area contributed by atoms with Crippen molar-refractivity contribution < 1.29 is 9.84 Å². The second-order valence-corrected chi connectivity index (χ2v) is 3.29. The molecule has 0 saturated heterocycles. The van der Waals surface area contributed by atoms with Crippen molar-refractivity contribution in [2.45, 2.75) is 6.61 Å². The smallest absolute Gasteiger partial charge is 0.218 e. The van der Waals surface area contributed by atoms with E-state index in [0.29, 0.717) is 11.4 Å². The van der Waals surface area contributed by atoms with Gasteiger partial charge in [0.1, 0.15) is 0 Å². The number of rotatable bonds is 3. The van der Waals surface area contributed by atoms with Gasteiger partial charge < -0.3 is 9.84 Å². The maximum absolute atomic E-state index is 9.19. The van der Waals surface area contributed by atoms with Crippen molar-refractivity contribution in [3.63, 3.8) is 0 Å². The molecule has 82 valence electrons. The van der Waals surface area contributed by atoms with Crippen LogP contribution in [0.2, 0.25) is 0 Å². The molecule has 0 spiro atoms. The molecule has 2 aromatic rings. The fourth-order valence-corrected chi connectivity index (χ4v) is 1.50. The first-order valence-electron chi connectivity index (χ1n) is 4.89. The Morgan fingerprint density at radius 3 is 2.62 bits per heavy atom. The first-order chi connectivity index (χ1) is 7.85. The van der Waals surface area contributed by atoms with Crippen molar-refractivity contribution >= 4 is 0 Å². The van der Waals surface area contributed by atoms with Crippen LogP contribution in [0.5, 0.6) is 5.88 Å². The molecule has 0 aliphatic heterocycles. The van der Waals surface area contributed by atoms with Crippen LogP contribution in [-0.4, -0.2) is 22.2 Å². The Bertz CT molecular complexity index is 472. The van der Waals surface area contributed by atoms with E-state index in [4.69, 9.17) is 4.74 Å². The molecule has 1 N–H and O–H groups in total. The predicted molar refractivity (Wildman–Crippen MR) is 59.9 cm³/mol. The highest BCUT2D eigenvalue weighted by atomic mass is 16.5. The Kier molecular flexibility index (Phi) is 3.12. The molecule has 0 aromatic carbocycles. The van der Waals surface area contributed by atoms with E-state index in [-0.39, 0.29) is 6.61 Å². The number of aromatic nitrogens is 2. The summed E-state index contributed by atoms with van der Waals surface area (Å²) in [6.07, 6.45) is 5.16. The van der Waals surface area contributed by atoms with Crippen LogP contribution in [-0.2, 0) is 6.61 Å². The van der Waals surface area contributed by atoms with Gasteiger partial charge in [-0.1, -0.05) is 0 Å². The normalized spacial score (nSPS) is 10.1. The Balaban J connectivity index is 2.44. The zero-order chi connectivity index (χ0) is 11.4. The monoisotopic (exact) mass is 216 g/mol. The van der Waals surface area contributed by atoms with Crippen LogP contribution < -0.4 is 4.74 Å². The van der Waals surface area contributed by atoms with Crippen molar-refractivity contribution in [1.29, 1.82) is 0 Å². The summed E-state index contributed by atoms with van der Waals surface area (Å²) < 4.78 is 5.04. The Labute approximate surface area is 93.6 Å². The van der Waals surface area contributed by atoms with Gasteiger partial charge >= 0.3 is 0 Å². The van der Waals surface area contributed by atoms with Crippen molar-refractivity contribution in [3.05, 3.63) is 42.4 Å². The van der Waals surface area contributed by atoms with E-state index >= 15 is 0 Å². The molecule has 0 saturated carbocycles. The minimum absolute atomic E-state index is 0.0882. The van der Waals surface area contributed by atoms with Crippen molar-refractivity contribution in [3.8, 4) is 17.0 Å². The molecule has 0 radical (unpaired) electrons. The van der Waals surface area contributed by atoms with Gasteiger partial charge in [-0.2, -0.15) is 0 Å². The number of nitrogens with zero attached hydrogens (tertiary/aromatic N) is 2. The van der Waals surface area contributed by atoms with Crippen molar-refractivity contribution in [1.82, 2.24) is 9.97 Å². The third-order valence-electron chi connectivity index (χ3n) is 2.30. The molecule has 0 atom stereocenters. The minimum atomic E-state index is -0.0882. The van der Waals surface area contributed by atoms with Gasteiger partial charge in [0.15, 0.2) is 0 Å². The van der Waals surface area contributed by atoms with Crippen LogP contribution >= 0.6 is 0 Å². The molecule has 0 aliphatic rings. The van der Waals surface area contributed by atoms with E-state index in [9.17, 15) is 5.11 Å². The number of ether oxygens (including phenoxy) is 1. The number of pyridine rings is 2. The second-order valence-electron chi connectivity index (χ2n) is 3.29. The molecule has 0 aliphatic carbocycles. The first-order valence-corrected chi connectivity index (χ1v) is 4.89. The average molecular weight is 216 g/mol. The molecular formula is C12H12N2O2. The van der Waals surface area contributed by atoms with Crippen LogP contribution in [0.3, 0.4) is 0 Å². The summed E-state index contributed by atoms with van der Waals surface area (Å²) in [4.78, 5) is 8.09. The van der Waals surface area contributed by atoms with Gasteiger partial charge in [0, 0.05) is 29.7 Å². The molecule has 2 heterocycles. The van der Waals surface area contributed by atoms with E-state index in [1.807, 2.05) is 18.2 Å². The summed E-state index contributed by atoms with van der Waals surface area (Å²) in [6, 6.07) is 5.65. The molecule has 4 heteroatoms. The van der Waals surface area contributed by atoms with E-state index < -0.39 is 0 Å². The number of hydrogen-bond acceptors (Lipinski definition) is 4. The fourth-order valence-electron chi connectivity index (χ4n) is 1.50. The topological polar surface area (TPSA) is 55.2 Å². The first kappa shape index (κ1) is 10.6. The Morgan fingerprint density at radius 2 is 2.00 bits per heavy atom. The molecule has 4 nitrogen and oxygen atoms in total. The maximum atomic E-state index is 9.19. The van der Waals surface area contributed by atoms with Crippen molar-refractivity contribution in [2.24, 2.45) is 0 Å². The molecule has 0 bridgehead atoms. The molecule has 0 fully saturated rings. The third kappa shape index (κ3) is 2.01. The molecular weight excluding hydrogens is 204 g/mol. The highest BCUT2D eigenvalue weighted by Crippen LogP contribution is 2.23. The summed E-state index contributed by atoms with van der Waals surface area (Å²) in [5, 5.41) is 9.19. The predicted octanol–water partition coefficient (Wildman–Crippen LogP) is 1.64. The van der Waals surface area contributed by atoms with Crippen LogP contribution in [0, 0.1) is 0 Å². The Hall–Kier alpha value is -1.94. The van der Waals surface area contributed by atoms with E-state index in [1.165, 1.54) is 7.11 Å². The highest BCUT2D eigenvalue weighted by Gasteiger charge is 2.06. The van der Waals surface area contributed by atoms with Gasteiger partial charge in [-0.15, -0.1) is 0 Å². The van der Waals surface area contributed by atoms with Gasteiger partial charge in [0.2, 0.25) is 5.88 Å². The molecule has 0 unspecified atom stereocenters. The van der Waals surface area contributed by atoms with Crippen molar-refractivity contribution in [2.75, 3.05) is 7.11 Å². The minimum Gasteiger partial charge on any atom is -0.481 e. The summed E-state index contributed by atoms with van der Waals surface area (Å²) in [5.41, 5.74) is 2.63. The number of hydrogen-bond donors (Lipinski definition) is 1. The third-order valence-corrected chi connectivity index (χ3v) is 2.30. The van der Waals surface area contributed by atoms with Crippen LogP contribution in [0.25, 0.3) is 11.1 Å². The summed E-state index contributed by atoms with van der Waals surface area (Å²) in [7, 11) is 1.54. The lowest BCUT2D eigenvalue weighted by atomic mass is 10.1. The molecule has 2 aromatic heterocycles. The molecule has 16 heavy (non-hydrogen) atoms. The van der Waals surface area contributed by atoms with Crippen LogP contribution in [0.15, 0.2) is 36.8 Å². The van der Waals surface area contributed by atoms with Gasteiger partial charge in [-0.3, -0.25) is 4.98 Å². The van der Waals surface area contributed by atoms with E-state index in [0.717, 1.165) is 11.1 Å². The average Bonchev–Trinajstić information content (AvgIpc) is 2.39. The quantitative estimate of drug-likeness (QED) is 0.847. The van der Waals surface area contributed by atoms with Gasteiger partial charge in [0.05, 0.1) is 13.7 Å². The number of aliphatic hydroxyl groups excluding tert-OH is 1. The van der Waals surface area contributed by atoms with Gasteiger partial charge in [-0.05, 0) is 23.8 Å². The largest absolute Gasteiger partial charge is 0.481 e. The fraction of sp³-hybridized carbons (Fsp3) is 0.167. The van der Waals surface area contributed by atoms with Crippen LogP contribution in [0.4, 0.5) is 0 Å². The van der Waals surface area contributed by atoms with Gasteiger partial charge in [-0.25, -0.2) is 4.98 Å². The SMILES string of the molecule is COc1ncc(-c2ccncc2)cc1CO. The zero-order valence-corrected chi connectivity index (χ0v) is 8.92. The van der Waals surface area contributed by atoms with Crippen LogP contribution in [0.1, 0.15) is 5.56 Å². The maximum Gasteiger partial charge on any atom is 0.218 e. The summed E-state index contributed by atoms with van der Waals surface area (Å²) in [6.45, 7) is -0.0882. The number of aliphatic hydroxyl groups is 1. The molecule has 0 amide bonds. The standard InChI is InChI=1S/C12H12N2O2/c1-16-12-11(8-15)6-10(7-14-12)9-2-4-13-5-3-9/h2-7,15H,8H2,1H3. The second kappa shape index (κ2) is 4.72. The number of methoxy groups -OCH3 is 1. The lowest BCUT2D eigenvalue weighted by Crippen LogP contribution is -1.95. The lowest BCUT2D eigenvalue weighted by molar-refractivity contribution is 0.271.